The number of aromatic nitrogens is 3. The van der Waals surface area contributed by atoms with E-state index in [0.29, 0.717) is 47.7 Å². The van der Waals surface area contributed by atoms with Gasteiger partial charge in [0.05, 0.1) is 6.61 Å². The van der Waals surface area contributed by atoms with Gasteiger partial charge in [0.1, 0.15) is 18.7 Å². The summed E-state index contributed by atoms with van der Waals surface area (Å²) >= 11 is -1.28. The molecule has 3 aromatic carbocycles. The Bertz CT molecular complexity index is 1690. The van der Waals surface area contributed by atoms with Gasteiger partial charge >= 0.3 is 0 Å². The minimum Gasteiger partial charge on any atom is -0.611 e. The second-order valence-corrected chi connectivity index (χ2v) is 14.6. The van der Waals surface area contributed by atoms with E-state index >= 15 is 0 Å². The van der Waals surface area contributed by atoms with Crippen LogP contribution in [-0.4, -0.2) is 58.1 Å². The van der Waals surface area contributed by atoms with E-state index in [2.05, 4.69) is 78.4 Å². The number of fused-ring (bicyclic) bond motifs is 1. The van der Waals surface area contributed by atoms with Gasteiger partial charge in [-0.1, -0.05) is 52.3 Å². The smallest absolute Gasteiger partial charge is 0.251 e. The van der Waals surface area contributed by atoms with Gasteiger partial charge < -0.3 is 28.8 Å². The number of unbranched alkanes of at least 4 members (excludes halogenated alkanes) is 1. The monoisotopic (exact) mass is 697 g/mol. The fourth-order valence-corrected chi connectivity index (χ4v) is 7.08. The Labute approximate surface area is 300 Å². The number of nitrogens with one attached hydrogen (secondary N) is 1. The summed E-state index contributed by atoms with van der Waals surface area (Å²) in [6.45, 7) is 13.2. The Morgan fingerprint density at radius 1 is 0.980 bits per heavy atom. The Hall–Kier alpha value is -4.12. The lowest BCUT2D eigenvalue weighted by Gasteiger charge is -2.30. The first-order valence-corrected chi connectivity index (χ1v) is 19.2. The second-order valence-electron chi connectivity index (χ2n) is 13.1. The van der Waals surface area contributed by atoms with Crippen molar-refractivity contribution in [3.05, 3.63) is 90.0 Å². The lowest BCUT2D eigenvalue weighted by atomic mass is 9.96. The van der Waals surface area contributed by atoms with Gasteiger partial charge in [-0.05, 0) is 114 Å². The van der Waals surface area contributed by atoms with Crippen LogP contribution in [0.15, 0.2) is 83.5 Å². The highest BCUT2D eigenvalue weighted by Gasteiger charge is 2.21. The van der Waals surface area contributed by atoms with Crippen LogP contribution in [0.1, 0.15) is 71.2 Å². The minimum absolute atomic E-state index is 0.125. The highest BCUT2D eigenvalue weighted by atomic mass is 32.2. The molecular formula is C40H51N5O4S. The zero-order valence-electron chi connectivity index (χ0n) is 29.9. The van der Waals surface area contributed by atoms with E-state index in [0.717, 1.165) is 85.6 Å². The minimum atomic E-state index is -1.28. The third kappa shape index (κ3) is 10.4. The molecule has 0 saturated heterocycles. The maximum Gasteiger partial charge on any atom is 0.251 e. The molecule has 0 bridgehead atoms. The van der Waals surface area contributed by atoms with Crippen LogP contribution < -0.4 is 15.0 Å². The third-order valence-corrected chi connectivity index (χ3v) is 9.89. The largest absolute Gasteiger partial charge is 0.611 e. The van der Waals surface area contributed by atoms with Gasteiger partial charge in [0.25, 0.3) is 5.91 Å². The number of benzene rings is 3. The van der Waals surface area contributed by atoms with Crippen molar-refractivity contribution in [1.29, 1.82) is 0 Å². The van der Waals surface area contributed by atoms with Crippen molar-refractivity contribution in [3.8, 4) is 16.9 Å². The van der Waals surface area contributed by atoms with Crippen molar-refractivity contribution < 1.29 is 18.8 Å². The van der Waals surface area contributed by atoms with E-state index in [-0.39, 0.29) is 5.91 Å². The summed E-state index contributed by atoms with van der Waals surface area (Å²) < 4.78 is 26.5. The van der Waals surface area contributed by atoms with E-state index in [1.54, 1.807) is 6.33 Å². The van der Waals surface area contributed by atoms with Crippen molar-refractivity contribution in [2.45, 2.75) is 77.0 Å². The molecule has 2 heterocycles. The van der Waals surface area contributed by atoms with E-state index in [1.807, 2.05) is 47.0 Å². The molecule has 1 unspecified atom stereocenters. The normalized spacial score (nSPS) is 14.8. The number of carbonyl (C=O) groups excluding carboxylic acids is 1. The van der Waals surface area contributed by atoms with E-state index in [1.165, 1.54) is 0 Å². The van der Waals surface area contributed by atoms with Crippen LogP contribution in [0.5, 0.6) is 5.75 Å². The number of carbonyl (C=O) groups is 1. The highest BCUT2D eigenvalue weighted by Crippen LogP contribution is 2.33. The highest BCUT2D eigenvalue weighted by molar-refractivity contribution is 7.90. The maximum atomic E-state index is 13.7. The van der Waals surface area contributed by atoms with Crippen LogP contribution in [0, 0.1) is 5.92 Å². The van der Waals surface area contributed by atoms with Crippen LogP contribution in [0.3, 0.4) is 0 Å². The Balaban J connectivity index is 1.30. The molecule has 1 aliphatic heterocycles. The number of aryl methyl sites for hydroxylation is 1. The topological polar surface area (TPSA) is 105 Å². The Morgan fingerprint density at radius 3 is 2.50 bits per heavy atom. The van der Waals surface area contributed by atoms with Gasteiger partial charge in [0.15, 0.2) is 16.5 Å². The quantitative estimate of drug-likeness (QED) is 0.0878. The van der Waals surface area contributed by atoms with Gasteiger partial charge in [-0.25, -0.2) is 0 Å². The zero-order chi connectivity index (χ0) is 35.3. The molecule has 266 valence electrons. The molecule has 1 aromatic heterocycles. The molecule has 0 saturated carbocycles. The molecular weight excluding hydrogens is 647 g/mol. The number of hydrogen-bond acceptors (Lipinski definition) is 7. The molecule has 1 aliphatic rings. The first kappa shape index (κ1) is 37.1. The average Bonchev–Trinajstić information content (AvgIpc) is 3.54. The molecule has 0 fully saturated rings. The van der Waals surface area contributed by atoms with E-state index in [4.69, 9.17) is 9.47 Å². The van der Waals surface area contributed by atoms with E-state index in [9.17, 15) is 9.35 Å². The summed E-state index contributed by atoms with van der Waals surface area (Å²) in [7, 11) is 0. The third-order valence-electron chi connectivity index (χ3n) is 8.57. The summed E-state index contributed by atoms with van der Waals surface area (Å²) in [5.74, 6) is 2.20. The summed E-state index contributed by atoms with van der Waals surface area (Å²) in [5.41, 5.74) is 5.73. The first-order chi connectivity index (χ1) is 24.3. The standard InChI is InChI=1S/C40H51N5O4S/c1-5-7-22-48-23-24-49-36-15-10-31(11-16-36)32-12-19-38-34(25-32)26-33(9-8-21-44(38)27-30(3)4)40(46)42-35-13-17-37(18-14-35)50(47)28-39-43-41-29-45(39)20-6-2/h10-19,25-26,29-30H,5-9,20-24,27-28H2,1-4H3,(H,42,46)/b33-26+. The number of hydrogen-bond donors (Lipinski definition) is 1. The van der Waals surface area contributed by atoms with Crippen LogP contribution >= 0.6 is 0 Å². The number of amides is 1. The molecule has 1 N–H and O–H groups in total. The van der Waals surface area contributed by atoms with Gasteiger partial charge in [-0.2, -0.15) is 0 Å². The van der Waals surface area contributed by atoms with Crippen LogP contribution in [0.25, 0.3) is 17.2 Å². The van der Waals surface area contributed by atoms with Crippen molar-refractivity contribution in [3.63, 3.8) is 0 Å². The summed E-state index contributed by atoms with van der Waals surface area (Å²) in [6.07, 6.45) is 8.41. The lowest BCUT2D eigenvalue weighted by molar-refractivity contribution is -0.112. The first-order valence-electron chi connectivity index (χ1n) is 17.9. The van der Waals surface area contributed by atoms with Gasteiger partial charge in [-0.3, -0.25) is 4.79 Å². The second kappa shape index (κ2) is 18.8. The summed E-state index contributed by atoms with van der Waals surface area (Å²) in [6, 6.07) is 21.9. The molecule has 9 nitrogen and oxygen atoms in total. The Morgan fingerprint density at radius 2 is 1.76 bits per heavy atom. The molecule has 50 heavy (non-hydrogen) atoms. The average molecular weight is 698 g/mol. The predicted molar refractivity (Wildman–Crippen MR) is 203 cm³/mol. The van der Waals surface area contributed by atoms with Crippen LogP contribution in [-0.2, 0) is 33.0 Å². The van der Waals surface area contributed by atoms with Crippen LogP contribution in [0.2, 0.25) is 0 Å². The molecule has 0 radical (unpaired) electrons. The molecule has 10 heteroatoms. The van der Waals surface area contributed by atoms with E-state index < -0.39 is 11.2 Å². The number of nitrogens with zero attached hydrogens (tertiary/aromatic N) is 4. The van der Waals surface area contributed by atoms with Crippen molar-refractivity contribution >= 4 is 34.5 Å². The fourth-order valence-electron chi connectivity index (χ4n) is 6.02. The van der Waals surface area contributed by atoms with Gasteiger partial charge in [0, 0.05) is 43.2 Å². The summed E-state index contributed by atoms with van der Waals surface area (Å²) in [4.78, 5) is 16.8. The SMILES string of the molecule is CCCCOCCOc1ccc(-c2ccc3c(c2)/C=C(/C(=O)Nc2ccc([S+]([O-])Cc4nncn4CCC)cc2)CCCN3CC(C)C)cc1. The number of ether oxygens (including phenoxy) is 2. The molecule has 5 rings (SSSR count). The number of rotatable bonds is 17. The van der Waals surface area contributed by atoms with Crippen molar-refractivity contribution in [2.24, 2.45) is 5.92 Å². The maximum absolute atomic E-state index is 13.7. The zero-order valence-corrected chi connectivity index (χ0v) is 30.7. The molecule has 1 atom stereocenters. The molecule has 4 aromatic rings. The molecule has 1 amide bonds. The predicted octanol–water partition coefficient (Wildman–Crippen LogP) is 8.14. The number of anilines is 2. The van der Waals surface area contributed by atoms with Crippen molar-refractivity contribution in [2.75, 3.05) is 43.1 Å². The van der Waals surface area contributed by atoms with Crippen LogP contribution in [0.4, 0.5) is 11.4 Å². The Kier molecular flexibility index (Phi) is 13.9. The van der Waals surface area contributed by atoms with Crippen molar-refractivity contribution in [1.82, 2.24) is 14.8 Å². The molecule has 0 aliphatic carbocycles. The van der Waals surface area contributed by atoms with Gasteiger partial charge in [-0.15, -0.1) is 10.2 Å². The molecule has 0 spiro atoms. The summed E-state index contributed by atoms with van der Waals surface area (Å²) in [5, 5.41) is 11.2. The lowest BCUT2D eigenvalue weighted by Crippen LogP contribution is -2.30. The van der Waals surface area contributed by atoms with Gasteiger partial charge in [0.2, 0.25) is 0 Å². The fraction of sp³-hybridized carbons (Fsp3) is 0.425.